The van der Waals surface area contributed by atoms with Gasteiger partial charge in [0.05, 0.1) is 18.0 Å². The van der Waals surface area contributed by atoms with Crippen molar-refractivity contribution in [2.75, 3.05) is 17.7 Å². The Hall–Kier alpha value is -1.94. The van der Waals surface area contributed by atoms with E-state index >= 15 is 0 Å². The molecule has 0 unspecified atom stereocenters. The van der Waals surface area contributed by atoms with Crippen LogP contribution < -0.4 is 10.1 Å². The highest BCUT2D eigenvalue weighted by atomic mass is 32.2. The van der Waals surface area contributed by atoms with Crippen molar-refractivity contribution in [1.82, 2.24) is 0 Å². The summed E-state index contributed by atoms with van der Waals surface area (Å²) < 4.78 is 5.51. The molecule has 2 aromatic carbocycles. The normalized spacial score (nSPS) is 10.3. The molecule has 4 heteroatoms. The molecule has 0 atom stereocenters. The highest BCUT2D eigenvalue weighted by Gasteiger charge is 2.08. The Morgan fingerprint density at radius 1 is 1.14 bits per heavy atom. The Balaban J connectivity index is 1.94. The highest BCUT2D eigenvalue weighted by molar-refractivity contribution is 8.00. The van der Waals surface area contributed by atoms with Crippen molar-refractivity contribution in [3.8, 4) is 5.75 Å². The van der Waals surface area contributed by atoms with E-state index in [0.29, 0.717) is 18.1 Å². The molecule has 3 nitrogen and oxygen atoms in total. The lowest BCUT2D eigenvalue weighted by Gasteiger charge is -2.11. The van der Waals surface area contributed by atoms with E-state index in [-0.39, 0.29) is 5.91 Å². The van der Waals surface area contributed by atoms with Gasteiger partial charge in [0, 0.05) is 4.90 Å². The number of hydrogen-bond acceptors (Lipinski definition) is 3. The maximum Gasteiger partial charge on any atom is 0.234 e. The zero-order valence-corrected chi connectivity index (χ0v) is 14.0. The maximum atomic E-state index is 12.1. The average Bonchev–Trinajstić information content (AvgIpc) is 2.51. The SMILES string of the molecule is CCOc1ccccc1NC(=O)CSc1ccc(C)c(C)c1. The first-order valence-electron chi connectivity index (χ1n) is 7.32. The molecule has 0 aromatic heterocycles. The van der Waals surface area contributed by atoms with Gasteiger partial charge in [0.2, 0.25) is 5.91 Å². The van der Waals surface area contributed by atoms with Gasteiger partial charge in [0.15, 0.2) is 0 Å². The molecule has 2 rings (SSSR count). The minimum atomic E-state index is -0.0321. The number of carbonyl (C=O) groups is 1. The van der Waals surface area contributed by atoms with Crippen LogP contribution in [0.1, 0.15) is 18.1 Å². The first kappa shape index (κ1) is 16.4. The number of benzene rings is 2. The lowest BCUT2D eigenvalue weighted by molar-refractivity contribution is -0.113. The monoisotopic (exact) mass is 315 g/mol. The molecule has 0 heterocycles. The maximum absolute atomic E-state index is 12.1. The number of aryl methyl sites for hydroxylation is 2. The number of para-hydroxylation sites is 2. The highest BCUT2D eigenvalue weighted by Crippen LogP contribution is 2.25. The number of thioether (sulfide) groups is 1. The lowest BCUT2D eigenvalue weighted by atomic mass is 10.1. The van der Waals surface area contributed by atoms with Gasteiger partial charge in [-0.05, 0) is 56.2 Å². The second-order valence-corrected chi connectivity index (χ2v) is 6.06. The summed E-state index contributed by atoms with van der Waals surface area (Å²) in [4.78, 5) is 13.2. The fraction of sp³-hybridized carbons (Fsp3) is 0.278. The van der Waals surface area contributed by atoms with Crippen molar-refractivity contribution in [3.05, 3.63) is 53.6 Å². The molecule has 0 saturated heterocycles. The van der Waals surface area contributed by atoms with E-state index in [1.807, 2.05) is 31.2 Å². The third-order valence-electron chi connectivity index (χ3n) is 3.31. The van der Waals surface area contributed by atoms with Gasteiger partial charge < -0.3 is 10.1 Å². The van der Waals surface area contributed by atoms with Crippen LogP contribution in [0.5, 0.6) is 5.75 Å². The first-order valence-corrected chi connectivity index (χ1v) is 8.30. The van der Waals surface area contributed by atoms with Gasteiger partial charge in [0.1, 0.15) is 5.75 Å². The van der Waals surface area contributed by atoms with Crippen LogP contribution in [0.3, 0.4) is 0 Å². The quantitative estimate of drug-likeness (QED) is 0.801. The molecule has 1 N–H and O–H groups in total. The number of anilines is 1. The predicted octanol–water partition coefficient (Wildman–Crippen LogP) is 4.43. The molecule has 0 aliphatic heterocycles. The Labute approximate surface area is 136 Å². The summed E-state index contributed by atoms with van der Waals surface area (Å²) in [5.74, 6) is 1.05. The topological polar surface area (TPSA) is 38.3 Å². The molecule has 116 valence electrons. The van der Waals surface area contributed by atoms with Crippen LogP contribution in [-0.4, -0.2) is 18.3 Å². The van der Waals surface area contributed by atoms with Crippen LogP contribution in [0.25, 0.3) is 0 Å². The fourth-order valence-electron chi connectivity index (χ4n) is 1.99. The molecule has 1 amide bonds. The molecule has 0 saturated carbocycles. The largest absolute Gasteiger partial charge is 0.492 e. The summed E-state index contributed by atoms with van der Waals surface area (Å²) in [6.45, 7) is 6.66. The van der Waals surface area contributed by atoms with E-state index in [0.717, 1.165) is 10.6 Å². The van der Waals surface area contributed by atoms with Crippen molar-refractivity contribution in [2.45, 2.75) is 25.7 Å². The third kappa shape index (κ3) is 4.53. The zero-order chi connectivity index (χ0) is 15.9. The second-order valence-electron chi connectivity index (χ2n) is 5.01. The van der Waals surface area contributed by atoms with Gasteiger partial charge in [-0.1, -0.05) is 18.2 Å². The van der Waals surface area contributed by atoms with Crippen LogP contribution in [-0.2, 0) is 4.79 Å². The van der Waals surface area contributed by atoms with Crippen molar-refractivity contribution < 1.29 is 9.53 Å². The van der Waals surface area contributed by atoms with Gasteiger partial charge in [-0.25, -0.2) is 0 Å². The van der Waals surface area contributed by atoms with Crippen molar-refractivity contribution >= 4 is 23.4 Å². The van der Waals surface area contributed by atoms with E-state index in [2.05, 4.69) is 37.4 Å². The van der Waals surface area contributed by atoms with Gasteiger partial charge in [-0.2, -0.15) is 0 Å². The molecule has 2 aromatic rings. The Morgan fingerprint density at radius 2 is 1.91 bits per heavy atom. The Bertz CT molecular complexity index is 655. The van der Waals surface area contributed by atoms with Crippen LogP contribution in [0, 0.1) is 13.8 Å². The standard InChI is InChI=1S/C18H21NO2S/c1-4-21-17-8-6-5-7-16(17)19-18(20)12-22-15-10-9-13(2)14(3)11-15/h5-11H,4,12H2,1-3H3,(H,19,20). The molecule has 22 heavy (non-hydrogen) atoms. The van der Waals surface area contributed by atoms with Gasteiger partial charge >= 0.3 is 0 Å². The van der Waals surface area contributed by atoms with Crippen LogP contribution in [0.2, 0.25) is 0 Å². The van der Waals surface area contributed by atoms with Crippen LogP contribution in [0.15, 0.2) is 47.4 Å². The molecule has 0 fully saturated rings. The smallest absolute Gasteiger partial charge is 0.234 e. The molecular formula is C18H21NO2S. The van der Waals surface area contributed by atoms with Crippen LogP contribution in [0.4, 0.5) is 5.69 Å². The zero-order valence-electron chi connectivity index (χ0n) is 13.2. The molecule has 0 aliphatic carbocycles. The van der Waals surface area contributed by atoms with Crippen molar-refractivity contribution in [1.29, 1.82) is 0 Å². The van der Waals surface area contributed by atoms with E-state index in [9.17, 15) is 4.79 Å². The molecule has 0 spiro atoms. The van der Waals surface area contributed by atoms with Gasteiger partial charge in [-0.3, -0.25) is 4.79 Å². The average molecular weight is 315 g/mol. The molecule has 0 bridgehead atoms. The van der Waals surface area contributed by atoms with E-state index in [1.165, 1.54) is 22.9 Å². The third-order valence-corrected chi connectivity index (χ3v) is 4.30. The summed E-state index contributed by atoms with van der Waals surface area (Å²) >= 11 is 1.54. The summed E-state index contributed by atoms with van der Waals surface area (Å²) in [5, 5.41) is 2.91. The van der Waals surface area contributed by atoms with E-state index < -0.39 is 0 Å². The van der Waals surface area contributed by atoms with Gasteiger partial charge in [0.25, 0.3) is 0 Å². The molecule has 0 aliphatic rings. The van der Waals surface area contributed by atoms with Crippen LogP contribution >= 0.6 is 11.8 Å². The van der Waals surface area contributed by atoms with E-state index in [1.54, 1.807) is 0 Å². The molecular weight excluding hydrogens is 294 g/mol. The minimum Gasteiger partial charge on any atom is -0.492 e. The number of rotatable bonds is 6. The number of ether oxygens (including phenoxy) is 1. The number of nitrogens with one attached hydrogen (secondary N) is 1. The number of amides is 1. The lowest BCUT2D eigenvalue weighted by Crippen LogP contribution is -2.14. The van der Waals surface area contributed by atoms with Crippen molar-refractivity contribution in [2.24, 2.45) is 0 Å². The fourth-order valence-corrected chi connectivity index (χ4v) is 2.78. The first-order chi connectivity index (χ1) is 10.6. The second kappa shape index (κ2) is 7.90. The van der Waals surface area contributed by atoms with Gasteiger partial charge in [-0.15, -0.1) is 11.8 Å². The summed E-state index contributed by atoms with van der Waals surface area (Å²) in [6, 6.07) is 13.7. The summed E-state index contributed by atoms with van der Waals surface area (Å²) in [7, 11) is 0. The summed E-state index contributed by atoms with van der Waals surface area (Å²) in [5.41, 5.74) is 3.22. The minimum absolute atomic E-state index is 0.0321. The number of hydrogen-bond donors (Lipinski definition) is 1. The van der Waals surface area contributed by atoms with Crippen molar-refractivity contribution in [3.63, 3.8) is 0 Å². The van der Waals surface area contributed by atoms with E-state index in [4.69, 9.17) is 4.74 Å². The molecule has 0 radical (unpaired) electrons. The predicted molar refractivity (Wildman–Crippen MR) is 92.9 cm³/mol. The summed E-state index contributed by atoms with van der Waals surface area (Å²) in [6.07, 6.45) is 0. The Morgan fingerprint density at radius 3 is 2.64 bits per heavy atom. The number of carbonyl (C=O) groups excluding carboxylic acids is 1. The Kier molecular flexibility index (Phi) is 5.90.